The average molecular weight is 357 g/mol. The highest BCUT2D eigenvalue weighted by Crippen LogP contribution is 2.33. The third kappa shape index (κ3) is 2.75. The first kappa shape index (κ1) is 16.7. The molecule has 0 N–H and O–H groups in total. The fraction of sp³-hybridized carbons (Fsp3) is 0.444. The van der Waals surface area contributed by atoms with Crippen molar-refractivity contribution < 1.29 is 14.0 Å². The maximum absolute atomic E-state index is 14.4. The van der Waals surface area contributed by atoms with Crippen molar-refractivity contribution in [2.24, 2.45) is 7.05 Å². The van der Waals surface area contributed by atoms with Gasteiger partial charge in [-0.3, -0.25) is 9.59 Å². The molecule has 2 amide bonds. The molecule has 4 rings (SSSR count). The van der Waals surface area contributed by atoms with Gasteiger partial charge in [-0.05, 0) is 37.5 Å². The second-order valence-electron chi connectivity index (χ2n) is 6.77. The Morgan fingerprint density at radius 3 is 2.81 bits per heavy atom. The van der Waals surface area contributed by atoms with Gasteiger partial charge in [0.1, 0.15) is 12.1 Å². The summed E-state index contributed by atoms with van der Waals surface area (Å²) in [4.78, 5) is 28.3. The number of hydrogen-bond acceptors (Lipinski definition) is 4. The Morgan fingerprint density at radius 2 is 2.12 bits per heavy atom. The Morgan fingerprint density at radius 1 is 1.27 bits per heavy atom. The summed E-state index contributed by atoms with van der Waals surface area (Å²) in [5, 5.41) is 7.99. The van der Waals surface area contributed by atoms with Crippen LogP contribution < -0.4 is 4.90 Å². The van der Waals surface area contributed by atoms with E-state index in [1.807, 2.05) is 7.05 Å². The molecule has 1 aromatic heterocycles. The highest BCUT2D eigenvalue weighted by Gasteiger charge is 2.35. The van der Waals surface area contributed by atoms with Gasteiger partial charge in [0.15, 0.2) is 5.82 Å². The lowest BCUT2D eigenvalue weighted by Gasteiger charge is -2.25. The van der Waals surface area contributed by atoms with Crippen LogP contribution in [0.5, 0.6) is 0 Å². The van der Waals surface area contributed by atoms with Crippen LogP contribution in [0.15, 0.2) is 24.5 Å². The number of halogens is 1. The molecule has 3 heterocycles. The van der Waals surface area contributed by atoms with Gasteiger partial charge in [-0.1, -0.05) is 0 Å². The number of carbonyl (C=O) groups is 2. The maximum atomic E-state index is 14.4. The zero-order chi connectivity index (χ0) is 18.3. The zero-order valence-corrected chi connectivity index (χ0v) is 14.6. The molecule has 0 bridgehead atoms. The Kier molecular flexibility index (Phi) is 4.18. The van der Waals surface area contributed by atoms with Gasteiger partial charge in [0.2, 0.25) is 5.91 Å². The van der Waals surface area contributed by atoms with Crippen LogP contribution in [0.2, 0.25) is 0 Å². The third-order valence-electron chi connectivity index (χ3n) is 5.12. The molecule has 7 nitrogen and oxygen atoms in total. The summed E-state index contributed by atoms with van der Waals surface area (Å²) in [7, 11) is 1.83. The molecule has 2 aliphatic heterocycles. The number of amides is 2. The number of nitrogens with zero attached hydrogens (tertiary/aromatic N) is 5. The van der Waals surface area contributed by atoms with Crippen molar-refractivity contribution in [3.8, 4) is 0 Å². The van der Waals surface area contributed by atoms with Gasteiger partial charge in [0.05, 0.1) is 11.6 Å². The van der Waals surface area contributed by atoms with E-state index in [4.69, 9.17) is 0 Å². The van der Waals surface area contributed by atoms with Crippen LogP contribution in [0.3, 0.4) is 0 Å². The number of rotatable bonds is 3. The molecule has 0 saturated carbocycles. The summed E-state index contributed by atoms with van der Waals surface area (Å²) in [6.07, 6.45) is 4.46. The van der Waals surface area contributed by atoms with Gasteiger partial charge in [-0.2, -0.15) is 0 Å². The summed E-state index contributed by atoms with van der Waals surface area (Å²) in [5.74, 6) is -0.245. The lowest BCUT2D eigenvalue weighted by Crippen LogP contribution is -2.33. The molecule has 1 unspecified atom stereocenters. The monoisotopic (exact) mass is 357 g/mol. The average Bonchev–Trinajstić information content (AvgIpc) is 3.35. The van der Waals surface area contributed by atoms with E-state index < -0.39 is 5.82 Å². The molecule has 1 atom stereocenters. The van der Waals surface area contributed by atoms with Crippen LogP contribution in [-0.4, -0.2) is 44.6 Å². The predicted molar refractivity (Wildman–Crippen MR) is 92.0 cm³/mol. The highest BCUT2D eigenvalue weighted by molar-refractivity contribution is 5.99. The van der Waals surface area contributed by atoms with Crippen LogP contribution in [-0.2, 0) is 11.8 Å². The molecular formula is C18H20FN5O2. The van der Waals surface area contributed by atoms with Crippen molar-refractivity contribution in [3.63, 3.8) is 0 Å². The molecular weight excluding hydrogens is 337 g/mol. The van der Waals surface area contributed by atoms with Gasteiger partial charge in [0, 0.05) is 32.2 Å². The standard InChI is InChI=1S/C18H20FN5O2/c1-22-11-20-21-17(22)15-4-2-9-24(15)18(26)13-10-12(6-7-14(13)19)23-8-3-5-16(23)25/h6-7,10-11,15H,2-5,8-9H2,1H3. The summed E-state index contributed by atoms with van der Waals surface area (Å²) < 4.78 is 16.2. The van der Waals surface area contributed by atoms with Gasteiger partial charge in [-0.15, -0.1) is 10.2 Å². The number of aromatic nitrogens is 3. The first-order valence-electron chi connectivity index (χ1n) is 8.81. The van der Waals surface area contributed by atoms with Gasteiger partial charge >= 0.3 is 0 Å². The van der Waals surface area contributed by atoms with E-state index in [0.29, 0.717) is 31.0 Å². The Labute approximate surface area is 150 Å². The highest BCUT2D eigenvalue weighted by atomic mass is 19.1. The van der Waals surface area contributed by atoms with Crippen molar-refractivity contribution in [1.29, 1.82) is 0 Å². The minimum Gasteiger partial charge on any atom is -0.328 e. The summed E-state index contributed by atoms with van der Waals surface area (Å²) in [5.41, 5.74) is 0.572. The van der Waals surface area contributed by atoms with Crippen LogP contribution in [0.25, 0.3) is 0 Å². The largest absolute Gasteiger partial charge is 0.328 e. The fourth-order valence-electron chi connectivity index (χ4n) is 3.79. The maximum Gasteiger partial charge on any atom is 0.257 e. The summed E-state index contributed by atoms with van der Waals surface area (Å²) in [6, 6.07) is 4.10. The fourth-order valence-corrected chi connectivity index (χ4v) is 3.79. The first-order chi connectivity index (χ1) is 12.6. The molecule has 2 fully saturated rings. The molecule has 2 aromatic rings. The second kappa shape index (κ2) is 6.51. The SMILES string of the molecule is Cn1cnnc1C1CCCN1C(=O)c1cc(N2CCCC2=O)ccc1F. The third-order valence-corrected chi connectivity index (χ3v) is 5.12. The minimum absolute atomic E-state index is 0.00346. The van der Waals surface area contributed by atoms with E-state index in [1.165, 1.54) is 12.1 Å². The van der Waals surface area contributed by atoms with Gasteiger partial charge in [0.25, 0.3) is 5.91 Å². The van der Waals surface area contributed by atoms with Crippen LogP contribution in [0, 0.1) is 5.82 Å². The van der Waals surface area contributed by atoms with E-state index in [0.717, 1.165) is 19.3 Å². The van der Waals surface area contributed by atoms with E-state index in [1.54, 1.807) is 26.8 Å². The number of carbonyl (C=O) groups excluding carboxylic acids is 2. The molecule has 1 aromatic carbocycles. The predicted octanol–water partition coefficient (Wildman–Crippen LogP) is 2.06. The van der Waals surface area contributed by atoms with E-state index in [-0.39, 0.29) is 23.4 Å². The zero-order valence-electron chi connectivity index (χ0n) is 14.6. The Balaban J connectivity index is 1.65. The van der Waals surface area contributed by atoms with Crippen LogP contribution in [0.4, 0.5) is 10.1 Å². The molecule has 26 heavy (non-hydrogen) atoms. The first-order valence-corrected chi connectivity index (χ1v) is 8.81. The van der Waals surface area contributed by atoms with Crippen molar-refractivity contribution >= 4 is 17.5 Å². The molecule has 2 saturated heterocycles. The topological polar surface area (TPSA) is 71.3 Å². The van der Waals surface area contributed by atoms with E-state index >= 15 is 0 Å². The smallest absolute Gasteiger partial charge is 0.257 e. The normalized spacial score (nSPS) is 20.2. The van der Waals surface area contributed by atoms with E-state index in [2.05, 4.69) is 10.2 Å². The van der Waals surface area contributed by atoms with Crippen molar-refractivity contribution in [3.05, 3.63) is 41.7 Å². The number of hydrogen-bond donors (Lipinski definition) is 0. The van der Waals surface area contributed by atoms with Crippen molar-refractivity contribution in [2.45, 2.75) is 31.7 Å². The van der Waals surface area contributed by atoms with E-state index in [9.17, 15) is 14.0 Å². The molecule has 0 aliphatic carbocycles. The lowest BCUT2D eigenvalue weighted by atomic mass is 10.1. The van der Waals surface area contributed by atoms with Gasteiger partial charge in [-0.25, -0.2) is 4.39 Å². The molecule has 0 radical (unpaired) electrons. The quantitative estimate of drug-likeness (QED) is 0.843. The number of anilines is 1. The number of benzene rings is 1. The molecule has 2 aliphatic rings. The van der Waals surface area contributed by atoms with Gasteiger partial charge < -0.3 is 14.4 Å². The summed E-state index contributed by atoms with van der Waals surface area (Å²) >= 11 is 0. The Hall–Kier alpha value is -2.77. The molecule has 136 valence electrons. The van der Waals surface area contributed by atoms with Crippen molar-refractivity contribution in [2.75, 3.05) is 18.0 Å². The number of aryl methyl sites for hydroxylation is 1. The second-order valence-corrected chi connectivity index (χ2v) is 6.77. The lowest BCUT2D eigenvalue weighted by molar-refractivity contribution is -0.117. The minimum atomic E-state index is -0.575. The number of likely N-dealkylation sites (tertiary alicyclic amines) is 1. The van der Waals surface area contributed by atoms with Crippen LogP contribution in [0.1, 0.15) is 47.9 Å². The van der Waals surface area contributed by atoms with Crippen LogP contribution >= 0.6 is 0 Å². The van der Waals surface area contributed by atoms with Crippen molar-refractivity contribution in [1.82, 2.24) is 19.7 Å². The molecule has 8 heteroatoms. The Bertz CT molecular complexity index is 865. The summed E-state index contributed by atoms with van der Waals surface area (Å²) in [6.45, 7) is 1.14. The molecule has 0 spiro atoms.